The van der Waals surface area contributed by atoms with Gasteiger partial charge in [-0.2, -0.15) is 0 Å². The number of carbonyl (C=O) groups excluding carboxylic acids is 1. The Kier molecular flexibility index (Phi) is 4.19. The van der Waals surface area contributed by atoms with Crippen molar-refractivity contribution in [2.45, 2.75) is 51.5 Å². The summed E-state index contributed by atoms with van der Waals surface area (Å²) in [6, 6.07) is -0.885. The maximum Gasteiger partial charge on any atom is 0.325 e. The number of aryl methyl sites for hydroxylation is 1. The molecule has 0 radical (unpaired) electrons. The highest BCUT2D eigenvalue weighted by Gasteiger charge is 2.25. The molecule has 0 spiro atoms. The molecule has 6 heteroatoms. The number of thiazole rings is 1. The van der Waals surface area contributed by atoms with Crippen LogP contribution in [0, 0.1) is 6.92 Å². The van der Waals surface area contributed by atoms with Gasteiger partial charge in [0.25, 0.3) is 5.91 Å². The Hall–Kier alpha value is -1.43. The molecular weight excluding hydrogens is 264 g/mol. The zero-order valence-corrected chi connectivity index (χ0v) is 11.9. The third-order valence-corrected chi connectivity index (χ3v) is 4.76. The van der Waals surface area contributed by atoms with E-state index in [2.05, 4.69) is 10.3 Å². The van der Waals surface area contributed by atoms with Gasteiger partial charge in [0.2, 0.25) is 0 Å². The number of hydrogen-bond donors (Lipinski definition) is 2. The average Bonchev–Trinajstić information content (AvgIpc) is 2.96. The van der Waals surface area contributed by atoms with Crippen LogP contribution in [0.2, 0.25) is 0 Å². The molecule has 1 saturated carbocycles. The van der Waals surface area contributed by atoms with E-state index in [9.17, 15) is 9.59 Å². The van der Waals surface area contributed by atoms with Crippen molar-refractivity contribution in [2.75, 3.05) is 0 Å². The first-order chi connectivity index (χ1) is 8.99. The minimum absolute atomic E-state index is 0.339. The van der Waals surface area contributed by atoms with Gasteiger partial charge in [0, 0.05) is 5.92 Å². The number of carbonyl (C=O) groups is 2. The highest BCUT2D eigenvalue weighted by atomic mass is 32.1. The number of nitrogens with zero attached hydrogens (tertiary/aromatic N) is 1. The van der Waals surface area contributed by atoms with Crippen molar-refractivity contribution in [3.05, 3.63) is 15.6 Å². The summed E-state index contributed by atoms with van der Waals surface area (Å²) < 4.78 is 0. The second-order valence-electron chi connectivity index (χ2n) is 4.98. The number of rotatable bonds is 4. The van der Waals surface area contributed by atoms with Gasteiger partial charge in [0.05, 0.1) is 10.7 Å². The van der Waals surface area contributed by atoms with E-state index in [1.807, 2.05) is 0 Å². The lowest BCUT2D eigenvalue weighted by atomic mass is 10.1. The molecule has 1 aliphatic rings. The third-order valence-electron chi connectivity index (χ3n) is 3.44. The summed E-state index contributed by atoms with van der Waals surface area (Å²) in [5, 5.41) is 12.3. The van der Waals surface area contributed by atoms with E-state index >= 15 is 0 Å². The van der Waals surface area contributed by atoms with Gasteiger partial charge in [-0.05, 0) is 26.7 Å². The van der Waals surface area contributed by atoms with E-state index in [1.54, 1.807) is 6.92 Å². The Labute approximate surface area is 116 Å². The van der Waals surface area contributed by atoms with Gasteiger partial charge in [-0.25, -0.2) is 4.98 Å². The smallest absolute Gasteiger partial charge is 0.325 e. The number of nitrogens with one attached hydrogen (secondary N) is 1. The van der Waals surface area contributed by atoms with Crippen molar-refractivity contribution < 1.29 is 14.7 Å². The molecule has 0 bridgehead atoms. The molecule has 1 aliphatic carbocycles. The van der Waals surface area contributed by atoms with E-state index in [-0.39, 0.29) is 5.91 Å². The van der Waals surface area contributed by atoms with Crippen LogP contribution in [0.3, 0.4) is 0 Å². The van der Waals surface area contributed by atoms with Crippen LogP contribution in [0.15, 0.2) is 0 Å². The maximum atomic E-state index is 12.0. The number of carboxylic acid groups (broad SMARTS) is 1. The molecule has 2 rings (SSSR count). The number of aliphatic carboxylic acids is 1. The lowest BCUT2D eigenvalue weighted by molar-refractivity contribution is -0.138. The molecule has 104 valence electrons. The molecule has 0 aliphatic heterocycles. The van der Waals surface area contributed by atoms with Gasteiger partial charge in [-0.15, -0.1) is 11.3 Å². The molecule has 1 heterocycles. The molecule has 0 saturated heterocycles. The van der Waals surface area contributed by atoms with Gasteiger partial charge in [0.15, 0.2) is 0 Å². The van der Waals surface area contributed by atoms with Crippen LogP contribution < -0.4 is 5.32 Å². The summed E-state index contributed by atoms with van der Waals surface area (Å²) in [7, 11) is 0. The SMILES string of the molecule is Cc1nc(C2CCCC2)sc1C(=O)N[C@H](C)C(=O)O. The van der Waals surface area contributed by atoms with Crippen LogP contribution in [0.4, 0.5) is 0 Å². The van der Waals surface area contributed by atoms with Crippen LogP contribution in [0.5, 0.6) is 0 Å². The molecule has 1 atom stereocenters. The molecule has 19 heavy (non-hydrogen) atoms. The van der Waals surface area contributed by atoms with Gasteiger partial charge in [-0.1, -0.05) is 12.8 Å². The van der Waals surface area contributed by atoms with E-state index in [0.717, 1.165) is 17.8 Å². The Balaban J connectivity index is 2.11. The number of carboxylic acids is 1. The Morgan fingerprint density at radius 3 is 2.63 bits per heavy atom. The minimum Gasteiger partial charge on any atom is -0.480 e. The van der Waals surface area contributed by atoms with E-state index < -0.39 is 12.0 Å². The van der Waals surface area contributed by atoms with Crippen LogP contribution >= 0.6 is 11.3 Å². The minimum atomic E-state index is -1.04. The first kappa shape index (κ1) is 14.0. The van der Waals surface area contributed by atoms with Gasteiger partial charge in [-0.3, -0.25) is 9.59 Å². The second kappa shape index (κ2) is 5.69. The first-order valence-corrected chi connectivity index (χ1v) is 7.31. The molecule has 1 aromatic heterocycles. The summed E-state index contributed by atoms with van der Waals surface area (Å²) in [5.41, 5.74) is 0.696. The molecule has 1 amide bonds. The summed E-state index contributed by atoms with van der Waals surface area (Å²) in [6.45, 7) is 3.25. The summed E-state index contributed by atoms with van der Waals surface area (Å²) >= 11 is 1.40. The van der Waals surface area contributed by atoms with E-state index in [0.29, 0.717) is 16.5 Å². The van der Waals surface area contributed by atoms with Crippen molar-refractivity contribution in [1.82, 2.24) is 10.3 Å². The summed E-state index contributed by atoms with van der Waals surface area (Å²) in [4.78, 5) is 27.8. The van der Waals surface area contributed by atoms with Gasteiger partial charge < -0.3 is 10.4 Å². The monoisotopic (exact) mass is 282 g/mol. The maximum absolute atomic E-state index is 12.0. The predicted octanol–water partition coefficient (Wildman–Crippen LogP) is 2.31. The second-order valence-corrected chi connectivity index (χ2v) is 6.01. The third kappa shape index (κ3) is 3.12. The van der Waals surface area contributed by atoms with Crippen LogP contribution in [0.1, 0.15) is 58.9 Å². The van der Waals surface area contributed by atoms with Crippen molar-refractivity contribution in [3.63, 3.8) is 0 Å². The van der Waals surface area contributed by atoms with Crippen LogP contribution in [0.25, 0.3) is 0 Å². The Morgan fingerprint density at radius 1 is 1.42 bits per heavy atom. The van der Waals surface area contributed by atoms with Crippen molar-refractivity contribution in [1.29, 1.82) is 0 Å². The molecular formula is C13H18N2O3S. The molecule has 2 N–H and O–H groups in total. The fraction of sp³-hybridized carbons (Fsp3) is 0.615. The molecule has 0 aromatic carbocycles. The van der Waals surface area contributed by atoms with Crippen LogP contribution in [-0.2, 0) is 4.79 Å². The molecule has 1 fully saturated rings. The van der Waals surface area contributed by atoms with Gasteiger partial charge >= 0.3 is 5.97 Å². The first-order valence-electron chi connectivity index (χ1n) is 6.50. The lowest BCUT2D eigenvalue weighted by Gasteiger charge is -2.07. The summed E-state index contributed by atoms with van der Waals surface area (Å²) in [6.07, 6.45) is 4.72. The molecule has 5 nitrogen and oxygen atoms in total. The fourth-order valence-electron chi connectivity index (χ4n) is 2.30. The van der Waals surface area contributed by atoms with Crippen molar-refractivity contribution in [3.8, 4) is 0 Å². The fourth-order valence-corrected chi connectivity index (χ4v) is 3.44. The lowest BCUT2D eigenvalue weighted by Crippen LogP contribution is -2.38. The normalized spacial score (nSPS) is 17.4. The zero-order chi connectivity index (χ0) is 14.0. The largest absolute Gasteiger partial charge is 0.480 e. The Bertz CT molecular complexity index is 492. The molecule has 1 aromatic rings. The number of amides is 1. The zero-order valence-electron chi connectivity index (χ0n) is 11.1. The Morgan fingerprint density at radius 2 is 2.05 bits per heavy atom. The number of hydrogen-bond acceptors (Lipinski definition) is 4. The van der Waals surface area contributed by atoms with Crippen LogP contribution in [-0.4, -0.2) is 28.0 Å². The number of aromatic nitrogens is 1. The quantitative estimate of drug-likeness (QED) is 0.888. The molecule has 0 unspecified atom stereocenters. The standard InChI is InChI=1S/C13H18N2O3S/c1-7-10(11(16)14-8(2)13(17)18)19-12(15-7)9-5-3-4-6-9/h8-9H,3-6H2,1-2H3,(H,14,16)(H,17,18)/t8-/m1/s1. The van der Waals surface area contributed by atoms with Crippen molar-refractivity contribution in [2.24, 2.45) is 0 Å². The highest BCUT2D eigenvalue weighted by Crippen LogP contribution is 2.37. The van der Waals surface area contributed by atoms with E-state index in [1.165, 1.54) is 31.1 Å². The van der Waals surface area contributed by atoms with Crippen molar-refractivity contribution >= 4 is 23.2 Å². The average molecular weight is 282 g/mol. The van der Waals surface area contributed by atoms with E-state index in [4.69, 9.17) is 5.11 Å². The highest BCUT2D eigenvalue weighted by molar-refractivity contribution is 7.13. The van der Waals surface area contributed by atoms with Gasteiger partial charge in [0.1, 0.15) is 10.9 Å². The predicted molar refractivity (Wildman–Crippen MR) is 72.6 cm³/mol. The summed E-state index contributed by atoms with van der Waals surface area (Å²) in [5.74, 6) is -0.900. The topological polar surface area (TPSA) is 79.3 Å².